The second-order valence-corrected chi connectivity index (χ2v) is 7.19. The number of nitrogens with zero attached hydrogens (tertiary/aromatic N) is 2. The van der Waals surface area contributed by atoms with Crippen molar-refractivity contribution in [2.45, 2.75) is 38.8 Å². The van der Waals surface area contributed by atoms with E-state index in [2.05, 4.69) is 0 Å². The van der Waals surface area contributed by atoms with E-state index in [-0.39, 0.29) is 11.8 Å². The fourth-order valence-corrected chi connectivity index (χ4v) is 3.69. The number of para-hydroxylation sites is 1. The van der Waals surface area contributed by atoms with Crippen LogP contribution in [0.2, 0.25) is 0 Å². The van der Waals surface area contributed by atoms with Crippen LogP contribution in [0.25, 0.3) is 0 Å². The molecule has 0 radical (unpaired) electrons. The maximum absolute atomic E-state index is 12.6. The van der Waals surface area contributed by atoms with Gasteiger partial charge in [0.05, 0.1) is 11.8 Å². The Bertz CT molecular complexity index is 793. The van der Waals surface area contributed by atoms with Gasteiger partial charge >= 0.3 is 5.97 Å². The van der Waals surface area contributed by atoms with E-state index in [9.17, 15) is 19.2 Å². The molecule has 3 amide bonds. The molecule has 1 saturated heterocycles. The highest BCUT2D eigenvalue weighted by Crippen LogP contribution is 2.36. The number of benzene rings is 1. The molecule has 4 atom stereocenters. The number of anilines is 1. The first-order valence-electron chi connectivity index (χ1n) is 9.38. The van der Waals surface area contributed by atoms with Crippen molar-refractivity contribution in [1.82, 2.24) is 4.90 Å². The molecule has 1 aromatic rings. The number of carbonyl (C=O) groups is 4. The molecule has 1 aromatic carbocycles. The van der Waals surface area contributed by atoms with Gasteiger partial charge in [-0.25, -0.2) is 4.79 Å². The highest BCUT2D eigenvalue weighted by atomic mass is 16.5. The molecule has 1 aliphatic carbocycles. The van der Waals surface area contributed by atoms with E-state index in [1.54, 1.807) is 31.3 Å². The summed E-state index contributed by atoms with van der Waals surface area (Å²) in [5.74, 6) is -2.67. The fraction of sp³-hybridized carbons (Fsp3) is 0.429. The van der Waals surface area contributed by atoms with Gasteiger partial charge in [-0.05, 0) is 38.8 Å². The topological polar surface area (TPSA) is 84.0 Å². The number of rotatable bonds is 5. The van der Waals surface area contributed by atoms with Gasteiger partial charge in [-0.1, -0.05) is 30.4 Å². The normalized spacial score (nSPS) is 23.2. The Labute approximate surface area is 163 Å². The van der Waals surface area contributed by atoms with Gasteiger partial charge in [0, 0.05) is 12.7 Å². The number of fused-ring (bicyclic) bond motifs is 1. The molecule has 3 rings (SSSR count). The Morgan fingerprint density at radius 2 is 1.57 bits per heavy atom. The lowest BCUT2D eigenvalue weighted by Crippen LogP contribution is -2.47. The SMILES string of the molecule is CC(OC(=O)C(C)N1C(=O)C2CC=CCC2C1=O)C(=O)N(C)c1ccccc1. The van der Waals surface area contributed by atoms with Crippen LogP contribution in [-0.4, -0.2) is 47.8 Å². The van der Waals surface area contributed by atoms with Gasteiger partial charge in [0.2, 0.25) is 11.8 Å². The van der Waals surface area contributed by atoms with Crippen molar-refractivity contribution < 1.29 is 23.9 Å². The third kappa shape index (κ3) is 3.56. The van der Waals surface area contributed by atoms with Gasteiger partial charge in [0.25, 0.3) is 5.91 Å². The number of likely N-dealkylation sites (tertiary alicyclic amines) is 1. The fourth-order valence-electron chi connectivity index (χ4n) is 3.69. The molecule has 0 aromatic heterocycles. The van der Waals surface area contributed by atoms with Gasteiger partial charge in [0.15, 0.2) is 6.10 Å². The van der Waals surface area contributed by atoms with Crippen molar-refractivity contribution in [1.29, 1.82) is 0 Å². The molecule has 7 nitrogen and oxygen atoms in total. The van der Waals surface area contributed by atoms with Crippen molar-refractivity contribution in [3.8, 4) is 0 Å². The van der Waals surface area contributed by atoms with E-state index >= 15 is 0 Å². The molecule has 28 heavy (non-hydrogen) atoms. The number of amides is 3. The average molecular weight is 384 g/mol. The zero-order valence-corrected chi connectivity index (χ0v) is 16.2. The van der Waals surface area contributed by atoms with E-state index < -0.39 is 35.9 Å². The Hall–Kier alpha value is -2.96. The van der Waals surface area contributed by atoms with Crippen LogP contribution in [0.15, 0.2) is 42.5 Å². The second kappa shape index (κ2) is 7.96. The van der Waals surface area contributed by atoms with E-state index in [0.29, 0.717) is 18.5 Å². The summed E-state index contributed by atoms with van der Waals surface area (Å²) in [6.45, 7) is 2.94. The van der Waals surface area contributed by atoms with Gasteiger partial charge in [-0.3, -0.25) is 19.3 Å². The second-order valence-electron chi connectivity index (χ2n) is 7.19. The number of allylic oxidation sites excluding steroid dienone is 2. The van der Waals surface area contributed by atoms with E-state index in [4.69, 9.17) is 4.74 Å². The molecular formula is C21H24N2O5. The summed E-state index contributed by atoms with van der Waals surface area (Å²) in [6.07, 6.45) is 3.74. The van der Waals surface area contributed by atoms with E-state index in [1.165, 1.54) is 18.7 Å². The smallest absolute Gasteiger partial charge is 0.329 e. The van der Waals surface area contributed by atoms with Crippen LogP contribution in [0.4, 0.5) is 5.69 Å². The average Bonchev–Trinajstić information content (AvgIpc) is 2.97. The van der Waals surface area contributed by atoms with Crippen LogP contribution in [-0.2, 0) is 23.9 Å². The van der Waals surface area contributed by atoms with Crippen molar-refractivity contribution in [2.75, 3.05) is 11.9 Å². The first kappa shape index (κ1) is 19.8. The predicted molar refractivity (Wildman–Crippen MR) is 102 cm³/mol. The molecule has 0 saturated carbocycles. The molecule has 148 valence electrons. The molecule has 1 aliphatic heterocycles. The van der Waals surface area contributed by atoms with Crippen LogP contribution < -0.4 is 4.90 Å². The molecule has 1 fully saturated rings. The lowest BCUT2D eigenvalue weighted by Gasteiger charge is -2.25. The quantitative estimate of drug-likeness (QED) is 0.440. The Balaban J connectivity index is 1.64. The van der Waals surface area contributed by atoms with Gasteiger partial charge in [-0.2, -0.15) is 0 Å². The number of hydrogen-bond acceptors (Lipinski definition) is 5. The monoisotopic (exact) mass is 384 g/mol. The van der Waals surface area contributed by atoms with Gasteiger partial charge < -0.3 is 9.64 Å². The lowest BCUT2D eigenvalue weighted by molar-refractivity contribution is -0.163. The van der Waals surface area contributed by atoms with Crippen molar-refractivity contribution >= 4 is 29.4 Å². The third-order valence-electron chi connectivity index (χ3n) is 5.38. The standard InChI is InChI=1S/C21H24N2O5/c1-13(23-19(25)16-11-7-8-12-17(16)20(23)26)21(27)28-14(2)18(24)22(3)15-9-5-4-6-10-15/h4-10,13-14,16-17H,11-12H2,1-3H3. The molecule has 0 N–H and O–H groups in total. The maximum atomic E-state index is 12.6. The summed E-state index contributed by atoms with van der Waals surface area (Å²) in [4.78, 5) is 52.7. The maximum Gasteiger partial charge on any atom is 0.329 e. The summed E-state index contributed by atoms with van der Waals surface area (Å²) in [5.41, 5.74) is 0.671. The molecule has 0 bridgehead atoms. The van der Waals surface area contributed by atoms with Crippen LogP contribution >= 0.6 is 0 Å². The molecule has 7 heteroatoms. The van der Waals surface area contributed by atoms with Crippen LogP contribution in [0.3, 0.4) is 0 Å². The Morgan fingerprint density at radius 3 is 2.11 bits per heavy atom. The minimum atomic E-state index is -1.07. The van der Waals surface area contributed by atoms with Crippen LogP contribution in [0.1, 0.15) is 26.7 Å². The van der Waals surface area contributed by atoms with E-state index in [0.717, 1.165) is 4.90 Å². The van der Waals surface area contributed by atoms with Crippen LogP contribution in [0, 0.1) is 11.8 Å². The zero-order valence-electron chi connectivity index (χ0n) is 16.2. The molecular weight excluding hydrogens is 360 g/mol. The van der Waals surface area contributed by atoms with Crippen molar-refractivity contribution in [3.05, 3.63) is 42.5 Å². The Morgan fingerprint density at radius 1 is 1.04 bits per heavy atom. The first-order chi connectivity index (χ1) is 13.3. The highest BCUT2D eigenvalue weighted by molar-refractivity contribution is 6.08. The summed E-state index contributed by atoms with van der Waals surface area (Å²) in [7, 11) is 1.59. The number of likely N-dealkylation sites (N-methyl/N-ethyl adjacent to an activating group) is 1. The van der Waals surface area contributed by atoms with Crippen molar-refractivity contribution in [2.24, 2.45) is 11.8 Å². The van der Waals surface area contributed by atoms with E-state index in [1.807, 2.05) is 18.2 Å². The summed E-state index contributed by atoms with van der Waals surface area (Å²) in [5, 5.41) is 0. The number of carbonyl (C=O) groups excluding carboxylic acids is 4. The molecule has 4 unspecified atom stereocenters. The molecule has 2 aliphatic rings. The minimum Gasteiger partial charge on any atom is -0.451 e. The first-order valence-corrected chi connectivity index (χ1v) is 9.38. The third-order valence-corrected chi connectivity index (χ3v) is 5.38. The summed E-state index contributed by atoms with van der Waals surface area (Å²) >= 11 is 0. The number of hydrogen-bond donors (Lipinski definition) is 0. The largest absolute Gasteiger partial charge is 0.451 e. The molecule has 1 heterocycles. The Kier molecular flexibility index (Phi) is 5.63. The minimum absolute atomic E-state index is 0.343. The summed E-state index contributed by atoms with van der Waals surface area (Å²) in [6, 6.07) is 7.92. The van der Waals surface area contributed by atoms with Gasteiger partial charge in [-0.15, -0.1) is 0 Å². The predicted octanol–water partition coefficient (Wildman–Crippen LogP) is 1.92. The van der Waals surface area contributed by atoms with Crippen LogP contribution in [0.5, 0.6) is 0 Å². The lowest BCUT2D eigenvalue weighted by atomic mass is 9.85. The number of esters is 1. The number of ether oxygens (including phenoxy) is 1. The van der Waals surface area contributed by atoms with Gasteiger partial charge in [0.1, 0.15) is 6.04 Å². The number of imide groups is 1. The molecule has 0 spiro atoms. The highest BCUT2D eigenvalue weighted by Gasteiger charge is 2.50. The summed E-state index contributed by atoms with van der Waals surface area (Å²) < 4.78 is 5.29. The zero-order chi connectivity index (χ0) is 20.4. The van der Waals surface area contributed by atoms with Crippen molar-refractivity contribution in [3.63, 3.8) is 0 Å².